The van der Waals surface area contributed by atoms with Crippen LogP contribution < -0.4 is 16.4 Å². The van der Waals surface area contributed by atoms with Crippen molar-refractivity contribution in [1.29, 1.82) is 0 Å². The van der Waals surface area contributed by atoms with Gasteiger partial charge in [-0.2, -0.15) is 0 Å². The lowest BCUT2D eigenvalue weighted by molar-refractivity contribution is 0.0961. The zero-order valence-corrected chi connectivity index (χ0v) is 10.1. The van der Waals surface area contributed by atoms with Crippen molar-refractivity contribution in [2.75, 3.05) is 30.5 Å². The molecule has 0 saturated carbocycles. The number of rotatable bonds is 6. The van der Waals surface area contributed by atoms with Crippen LogP contribution in [0.4, 0.5) is 5.69 Å². The number of carbonyl (C=O) groups excluding carboxylic acids is 1. The van der Waals surface area contributed by atoms with E-state index in [2.05, 4.69) is 10.6 Å². The van der Waals surface area contributed by atoms with E-state index in [0.717, 1.165) is 12.2 Å². The SMILES string of the molecule is CSCNC(=O)c1ccc(NCCN)cc1. The van der Waals surface area contributed by atoms with E-state index in [9.17, 15) is 4.79 Å². The van der Waals surface area contributed by atoms with Gasteiger partial charge in [0.2, 0.25) is 0 Å². The molecule has 0 fully saturated rings. The monoisotopic (exact) mass is 239 g/mol. The van der Waals surface area contributed by atoms with Crippen molar-refractivity contribution in [3.8, 4) is 0 Å². The molecule has 1 aromatic rings. The van der Waals surface area contributed by atoms with Gasteiger partial charge in [0.25, 0.3) is 5.91 Å². The summed E-state index contributed by atoms with van der Waals surface area (Å²) in [5, 5.41) is 5.94. The smallest absolute Gasteiger partial charge is 0.251 e. The third-order valence-corrected chi connectivity index (χ3v) is 2.43. The standard InChI is InChI=1S/C11H17N3OS/c1-16-8-14-11(15)9-2-4-10(5-3-9)13-7-6-12/h2-5,13H,6-8,12H2,1H3,(H,14,15). The molecule has 4 nitrogen and oxygen atoms in total. The van der Waals surface area contributed by atoms with Crippen LogP contribution in [0, 0.1) is 0 Å². The van der Waals surface area contributed by atoms with Gasteiger partial charge in [0.05, 0.1) is 5.88 Å². The second kappa shape index (κ2) is 7.14. The third kappa shape index (κ3) is 4.12. The highest BCUT2D eigenvalue weighted by atomic mass is 32.2. The highest BCUT2D eigenvalue weighted by molar-refractivity contribution is 7.98. The van der Waals surface area contributed by atoms with E-state index in [1.807, 2.05) is 18.4 Å². The Hall–Kier alpha value is -1.20. The van der Waals surface area contributed by atoms with Crippen molar-refractivity contribution < 1.29 is 4.79 Å². The molecule has 0 spiro atoms. The van der Waals surface area contributed by atoms with E-state index in [-0.39, 0.29) is 5.91 Å². The topological polar surface area (TPSA) is 67.2 Å². The van der Waals surface area contributed by atoms with E-state index in [1.54, 1.807) is 23.9 Å². The van der Waals surface area contributed by atoms with Gasteiger partial charge in [-0.3, -0.25) is 4.79 Å². The summed E-state index contributed by atoms with van der Waals surface area (Å²) in [6, 6.07) is 7.36. The molecule has 0 unspecified atom stereocenters. The van der Waals surface area contributed by atoms with Gasteiger partial charge < -0.3 is 16.4 Å². The van der Waals surface area contributed by atoms with Gasteiger partial charge in [-0.15, -0.1) is 11.8 Å². The summed E-state index contributed by atoms with van der Waals surface area (Å²) >= 11 is 1.58. The summed E-state index contributed by atoms with van der Waals surface area (Å²) in [7, 11) is 0. The molecule has 4 N–H and O–H groups in total. The van der Waals surface area contributed by atoms with E-state index in [0.29, 0.717) is 18.0 Å². The molecule has 0 aliphatic rings. The normalized spacial score (nSPS) is 9.88. The molecule has 0 aliphatic heterocycles. The molecular formula is C11H17N3OS. The fourth-order valence-corrected chi connectivity index (χ4v) is 1.47. The van der Waals surface area contributed by atoms with Crippen molar-refractivity contribution in [1.82, 2.24) is 5.32 Å². The zero-order chi connectivity index (χ0) is 11.8. The minimum absolute atomic E-state index is 0.0419. The van der Waals surface area contributed by atoms with E-state index in [4.69, 9.17) is 5.73 Å². The van der Waals surface area contributed by atoms with E-state index < -0.39 is 0 Å². The van der Waals surface area contributed by atoms with E-state index in [1.165, 1.54) is 0 Å². The maximum atomic E-state index is 11.6. The van der Waals surface area contributed by atoms with Gasteiger partial charge in [-0.25, -0.2) is 0 Å². The Kier molecular flexibility index (Phi) is 5.74. The molecule has 1 rings (SSSR count). The first-order valence-electron chi connectivity index (χ1n) is 5.09. The lowest BCUT2D eigenvalue weighted by atomic mass is 10.2. The summed E-state index contributed by atoms with van der Waals surface area (Å²) in [6.07, 6.45) is 1.94. The second-order valence-electron chi connectivity index (χ2n) is 3.23. The molecule has 1 amide bonds. The number of hydrogen-bond donors (Lipinski definition) is 3. The number of anilines is 1. The molecule has 0 aliphatic carbocycles. The molecule has 16 heavy (non-hydrogen) atoms. The van der Waals surface area contributed by atoms with Crippen molar-refractivity contribution in [2.24, 2.45) is 5.73 Å². The van der Waals surface area contributed by atoms with Crippen LogP contribution in [0.25, 0.3) is 0 Å². The summed E-state index contributed by atoms with van der Waals surface area (Å²) in [4.78, 5) is 11.6. The molecule has 5 heteroatoms. The minimum Gasteiger partial charge on any atom is -0.384 e. The van der Waals surface area contributed by atoms with Crippen LogP contribution in [0.2, 0.25) is 0 Å². The third-order valence-electron chi connectivity index (χ3n) is 2.00. The molecular weight excluding hydrogens is 222 g/mol. The summed E-state index contributed by atoms with van der Waals surface area (Å²) in [5.41, 5.74) is 7.03. The molecule has 88 valence electrons. The first-order chi connectivity index (χ1) is 7.77. The molecule has 0 radical (unpaired) electrons. The highest BCUT2D eigenvalue weighted by Gasteiger charge is 2.03. The molecule has 0 heterocycles. The fourth-order valence-electron chi connectivity index (χ4n) is 1.20. The van der Waals surface area contributed by atoms with E-state index >= 15 is 0 Å². The van der Waals surface area contributed by atoms with Gasteiger partial charge in [0.15, 0.2) is 0 Å². The Balaban J connectivity index is 2.53. The van der Waals surface area contributed by atoms with Gasteiger partial charge >= 0.3 is 0 Å². The van der Waals surface area contributed by atoms with Crippen molar-refractivity contribution >= 4 is 23.4 Å². The molecule has 1 aromatic carbocycles. The molecule has 0 atom stereocenters. The molecule has 0 bridgehead atoms. The second-order valence-corrected chi connectivity index (χ2v) is 4.10. The van der Waals surface area contributed by atoms with Crippen molar-refractivity contribution in [2.45, 2.75) is 0 Å². The predicted octanol–water partition coefficient (Wildman–Crippen LogP) is 1.11. The van der Waals surface area contributed by atoms with Crippen LogP contribution in [-0.2, 0) is 0 Å². The van der Waals surface area contributed by atoms with Crippen molar-refractivity contribution in [3.05, 3.63) is 29.8 Å². The van der Waals surface area contributed by atoms with Gasteiger partial charge in [0.1, 0.15) is 0 Å². The zero-order valence-electron chi connectivity index (χ0n) is 9.32. The molecule has 0 saturated heterocycles. The maximum absolute atomic E-state index is 11.6. The first-order valence-corrected chi connectivity index (χ1v) is 6.48. The number of nitrogens with two attached hydrogens (primary N) is 1. The Morgan fingerprint density at radius 3 is 2.62 bits per heavy atom. The van der Waals surface area contributed by atoms with Gasteiger partial charge in [-0.1, -0.05) is 0 Å². The van der Waals surface area contributed by atoms with Crippen LogP contribution in [-0.4, -0.2) is 31.1 Å². The lowest BCUT2D eigenvalue weighted by Gasteiger charge is -2.06. The number of nitrogens with one attached hydrogen (secondary N) is 2. The van der Waals surface area contributed by atoms with Gasteiger partial charge in [-0.05, 0) is 30.5 Å². The summed E-state index contributed by atoms with van der Waals surface area (Å²) in [5.74, 6) is 0.589. The summed E-state index contributed by atoms with van der Waals surface area (Å²) in [6.45, 7) is 1.33. The lowest BCUT2D eigenvalue weighted by Crippen LogP contribution is -2.22. The minimum atomic E-state index is -0.0419. The van der Waals surface area contributed by atoms with Crippen LogP contribution in [0.3, 0.4) is 0 Å². The number of benzene rings is 1. The average molecular weight is 239 g/mol. The van der Waals surface area contributed by atoms with Crippen LogP contribution in [0.1, 0.15) is 10.4 Å². The van der Waals surface area contributed by atoms with Crippen LogP contribution >= 0.6 is 11.8 Å². The largest absolute Gasteiger partial charge is 0.384 e. The molecule has 0 aromatic heterocycles. The Labute approximate surface area is 100.0 Å². The van der Waals surface area contributed by atoms with Crippen molar-refractivity contribution in [3.63, 3.8) is 0 Å². The number of carbonyl (C=O) groups is 1. The van der Waals surface area contributed by atoms with Crippen LogP contribution in [0.5, 0.6) is 0 Å². The fraction of sp³-hybridized carbons (Fsp3) is 0.364. The number of thioether (sulfide) groups is 1. The first kappa shape index (κ1) is 12.9. The Bertz CT molecular complexity index is 327. The average Bonchev–Trinajstić information content (AvgIpc) is 2.34. The van der Waals surface area contributed by atoms with Crippen LogP contribution in [0.15, 0.2) is 24.3 Å². The predicted molar refractivity (Wildman–Crippen MR) is 69.8 cm³/mol. The summed E-state index contributed by atoms with van der Waals surface area (Å²) < 4.78 is 0. The number of amides is 1. The maximum Gasteiger partial charge on any atom is 0.251 e. The Morgan fingerprint density at radius 1 is 1.38 bits per heavy atom. The quantitative estimate of drug-likeness (QED) is 0.651. The van der Waals surface area contributed by atoms with Gasteiger partial charge in [0, 0.05) is 24.3 Å². The Morgan fingerprint density at radius 2 is 2.06 bits per heavy atom. The highest BCUT2D eigenvalue weighted by Crippen LogP contribution is 2.09. The number of hydrogen-bond acceptors (Lipinski definition) is 4.